The van der Waals surface area contributed by atoms with E-state index in [1.54, 1.807) is 57.5 Å². The fourth-order valence-electron chi connectivity index (χ4n) is 3.83. The summed E-state index contributed by atoms with van der Waals surface area (Å²) in [6, 6.07) is 9.32. The molecule has 8 nitrogen and oxygen atoms in total. The molecule has 1 N–H and O–H groups in total. The molecule has 31 heavy (non-hydrogen) atoms. The van der Waals surface area contributed by atoms with Crippen LogP contribution in [0.15, 0.2) is 47.5 Å². The second kappa shape index (κ2) is 8.06. The fourth-order valence-corrected chi connectivity index (χ4v) is 3.83. The molecule has 0 radical (unpaired) electrons. The molecule has 8 heteroatoms. The van der Waals surface area contributed by atoms with E-state index in [0.717, 1.165) is 16.9 Å². The smallest absolute Gasteiger partial charge is 0.331 e. The summed E-state index contributed by atoms with van der Waals surface area (Å²) in [5, 5.41) is 0. The van der Waals surface area contributed by atoms with E-state index in [1.807, 2.05) is 25.1 Å². The number of nitrogens with zero attached hydrogens (tertiary/aromatic N) is 2. The first-order valence-electron chi connectivity index (χ1n) is 9.57. The highest BCUT2D eigenvalue weighted by molar-refractivity contribution is 5.87. The summed E-state index contributed by atoms with van der Waals surface area (Å²) in [4.78, 5) is 19.9. The summed E-state index contributed by atoms with van der Waals surface area (Å²) < 4.78 is 23.9. The number of H-pyrrole nitrogens is 1. The third kappa shape index (κ3) is 3.26. The molecule has 4 rings (SSSR count). The van der Waals surface area contributed by atoms with E-state index in [1.165, 1.54) is 0 Å². The van der Waals surface area contributed by atoms with Crippen molar-refractivity contribution in [1.82, 2.24) is 14.5 Å². The first-order chi connectivity index (χ1) is 15.0. The highest BCUT2D eigenvalue weighted by Gasteiger charge is 2.25. The number of imidazole rings is 1. The largest absolute Gasteiger partial charge is 0.496 e. The Hall–Kier alpha value is -3.94. The van der Waals surface area contributed by atoms with Crippen molar-refractivity contribution in [2.45, 2.75) is 6.92 Å². The minimum absolute atomic E-state index is 0.302. The summed E-state index contributed by atoms with van der Waals surface area (Å²) in [6.45, 7) is 1.96. The van der Waals surface area contributed by atoms with Gasteiger partial charge in [-0.1, -0.05) is 6.07 Å². The fraction of sp³-hybridized carbons (Fsp3) is 0.217. The molecular weight excluding hydrogens is 398 g/mol. The van der Waals surface area contributed by atoms with Crippen LogP contribution in [-0.4, -0.2) is 43.0 Å². The van der Waals surface area contributed by atoms with Crippen LogP contribution < -0.4 is 24.6 Å². The number of rotatable bonds is 6. The number of fused-ring (bicyclic) bond motifs is 1. The number of benzene rings is 2. The topological polar surface area (TPSA) is 87.6 Å². The lowest BCUT2D eigenvalue weighted by atomic mass is 9.98. The Kier molecular flexibility index (Phi) is 5.29. The molecule has 0 amide bonds. The first kappa shape index (κ1) is 20.3. The van der Waals surface area contributed by atoms with Gasteiger partial charge < -0.3 is 23.9 Å². The molecule has 0 aliphatic heterocycles. The number of hydrogen-bond donors (Lipinski definition) is 1. The van der Waals surface area contributed by atoms with Gasteiger partial charge in [-0.05, 0) is 36.2 Å². The highest BCUT2D eigenvalue weighted by atomic mass is 16.5. The molecule has 2 aromatic heterocycles. The predicted octanol–water partition coefficient (Wildman–Crippen LogP) is 3.72. The Morgan fingerprint density at radius 2 is 1.65 bits per heavy atom. The second-order valence-corrected chi connectivity index (χ2v) is 6.88. The van der Waals surface area contributed by atoms with E-state index >= 15 is 0 Å². The summed E-state index contributed by atoms with van der Waals surface area (Å²) in [5.74, 6) is 2.10. The molecule has 0 spiro atoms. The van der Waals surface area contributed by atoms with Gasteiger partial charge in [-0.15, -0.1) is 0 Å². The van der Waals surface area contributed by atoms with Gasteiger partial charge in [0.05, 0.1) is 56.9 Å². The van der Waals surface area contributed by atoms with E-state index in [4.69, 9.17) is 18.9 Å². The molecule has 0 aliphatic rings. The molecule has 160 valence electrons. The van der Waals surface area contributed by atoms with Crippen molar-refractivity contribution in [3.8, 4) is 39.8 Å². The van der Waals surface area contributed by atoms with Crippen molar-refractivity contribution in [2.75, 3.05) is 28.4 Å². The SMILES string of the molecule is COc1ccc(-c2c(-n3c(=O)[nH]c4cnccc43)cc(OC)c(OC)c2OC)cc1C. The average Bonchev–Trinajstić information content (AvgIpc) is 3.12. The maximum Gasteiger partial charge on any atom is 0.331 e. The number of pyridine rings is 1. The lowest BCUT2D eigenvalue weighted by molar-refractivity contribution is 0.325. The van der Waals surface area contributed by atoms with Crippen LogP contribution in [0.3, 0.4) is 0 Å². The minimum Gasteiger partial charge on any atom is -0.496 e. The van der Waals surface area contributed by atoms with Crippen molar-refractivity contribution in [3.05, 3.63) is 58.8 Å². The maximum atomic E-state index is 13.0. The zero-order valence-corrected chi connectivity index (χ0v) is 18.0. The molecule has 0 aliphatic carbocycles. The van der Waals surface area contributed by atoms with Gasteiger partial charge in [-0.3, -0.25) is 9.55 Å². The summed E-state index contributed by atoms with van der Waals surface area (Å²) >= 11 is 0. The Balaban J connectivity index is 2.15. The summed E-state index contributed by atoms with van der Waals surface area (Å²) in [5.41, 5.74) is 4.05. The van der Waals surface area contributed by atoms with Crippen molar-refractivity contribution >= 4 is 11.0 Å². The Labute approximate surface area is 179 Å². The van der Waals surface area contributed by atoms with Gasteiger partial charge in [0.1, 0.15) is 5.75 Å². The zero-order valence-electron chi connectivity index (χ0n) is 18.0. The van der Waals surface area contributed by atoms with Crippen molar-refractivity contribution in [2.24, 2.45) is 0 Å². The van der Waals surface area contributed by atoms with Crippen molar-refractivity contribution in [1.29, 1.82) is 0 Å². The number of ether oxygens (including phenoxy) is 4. The molecule has 4 aromatic rings. The van der Waals surface area contributed by atoms with E-state index in [2.05, 4.69) is 9.97 Å². The molecule has 0 unspecified atom stereocenters. The van der Waals surface area contributed by atoms with Gasteiger partial charge in [0.15, 0.2) is 11.5 Å². The lowest BCUT2D eigenvalue weighted by Crippen LogP contribution is -2.16. The molecule has 0 fully saturated rings. The highest BCUT2D eigenvalue weighted by Crippen LogP contribution is 2.48. The average molecular weight is 421 g/mol. The standard InChI is InChI=1S/C23H23N3O5/c1-13-10-14(6-7-18(13)28-2)20-17(11-19(29-3)21(30-4)22(20)31-5)26-16-8-9-24-12-15(16)25-23(26)27/h6-12H,1-5H3,(H,25,27). The second-order valence-electron chi connectivity index (χ2n) is 6.88. The number of aromatic amines is 1. The van der Waals surface area contributed by atoms with Gasteiger partial charge in [0.2, 0.25) is 5.75 Å². The lowest BCUT2D eigenvalue weighted by Gasteiger charge is -2.21. The Bertz CT molecular complexity index is 1320. The van der Waals surface area contributed by atoms with Crippen LogP contribution in [-0.2, 0) is 0 Å². The maximum absolute atomic E-state index is 13.0. The Morgan fingerprint density at radius 1 is 0.903 bits per heavy atom. The van der Waals surface area contributed by atoms with E-state index in [-0.39, 0.29) is 5.69 Å². The number of nitrogens with one attached hydrogen (secondary N) is 1. The normalized spacial score (nSPS) is 10.9. The predicted molar refractivity (Wildman–Crippen MR) is 118 cm³/mol. The number of hydrogen-bond acceptors (Lipinski definition) is 6. The van der Waals surface area contributed by atoms with Crippen molar-refractivity contribution in [3.63, 3.8) is 0 Å². The molecule has 2 heterocycles. The summed E-state index contributed by atoms with van der Waals surface area (Å²) in [6.07, 6.45) is 3.25. The van der Waals surface area contributed by atoms with E-state index in [0.29, 0.717) is 39.5 Å². The van der Waals surface area contributed by atoms with Gasteiger partial charge in [0, 0.05) is 12.3 Å². The van der Waals surface area contributed by atoms with Gasteiger partial charge >= 0.3 is 5.69 Å². The number of aryl methyl sites for hydroxylation is 1. The molecule has 2 aromatic carbocycles. The third-order valence-electron chi connectivity index (χ3n) is 5.22. The minimum atomic E-state index is -0.302. The number of methoxy groups -OCH3 is 4. The van der Waals surface area contributed by atoms with Gasteiger partial charge in [-0.2, -0.15) is 0 Å². The van der Waals surface area contributed by atoms with Gasteiger partial charge in [0.25, 0.3) is 0 Å². The van der Waals surface area contributed by atoms with Crippen molar-refractivity contribution < 1.29 is 18.9 Å². The third-order valence-corrected chi connectivity index (χ3v) is 5.22. The number of aromatic nitrogens is 3. The van der Waals surface area contributed by atoms with Crippen LogP contribution in [0.4, 0.5) is 0 Å². The first-order valence-corrected chi connectivity index (χ1v) is 9.57. The van der Waals surface area contributed by atoms with Crippen LogP contribution in [0, 0.1) is 6.92 Å². The quantitative estimate of drug-likeness (QED) is 0.511. The van der Waals surface area contributed by atoms with Crippen LogP contribution in [0.25, 0.3) is 27.8 Å². The van der Waals surface area contributed by atoms with Crippen LogP contribution >= 0.6 is 0 Å². The van der Waals surface area contributed by atoms with Crippen LogP contribution in [0.1, 0.15) is 5.56 Å². The van der Waals surface area contributed by atoms with Gasteiger partial charge in [-0.25, -0.2) is 4.79 Å². The monoisotopic (exact) mass is 421 g/mol. The Morgan fingerprint density at radius 3 is 2.29 bits per heavy atom. The summed E-state index contributed by atoms with van der Waals surface area (Å²) in [7, 11) is 6.28. The molecular formula is C23H23N3O5. The van der Waals surface area contributed by atoms with Crippen LogP contribution in [0.5, 0.6) is 23.0 Å². The molecule has 0 atom stereocenters. The molecule has 0 bridgehead atoms. The van der Waals surface area contributed by atoms with E-state index < -0.39 is 0 Å². The molecule has 0 saturated carbocycles. The van der Waals surface area contributed by atoms with Crippen LogP contribution in [0.2, 0.25) is 0 Å². The van der Waals surface area contributed by atoms with E-state index in [9.17, 15) is 4.79 Å². The molecule has 0 saturated heterocycles. The zero-order chi connectivity index (χ0) is 22.1.